The molecule has 0 fully saturated rings. The zero-order valence-corrected chi connectivity index (χ0v) is 10.9. The van der Waals surface area contributed by atoms with Gasteiger partial charge in [0.1, 0.15) is 11.3 Å². The quantitative estimate of drug-likeness (QED) is 0.769. The molecule has 1 aromatic heterocycles. The first-order chi connectivity index (χ1) is 8.20. The maximum absolute atomic E-state index is 5.95. The lowest BCUT2D eigenvalue weighted by atomic mass is 10.1. The van der Waals surface area contributed by atoms with E-state index in [0.29, 0.717) is 0 Å². The van der Waals surface area contributed by atoms with Crippen LogP contribution < -0.4 is 4.74 Å². The minimum absolute atomic E-state index is 0.185. The SMILES string of the molecule is COc1cccc2ccc(CCC(C)Cl)nc12. The number of hydrogen-bond donors (Lipinski definition) is 0. The summed E-state index contributed by atoms with van der Waals surface area (Å²) in [5.74, 6) is 0.822. The molecule has 90 valence electrons. The van der Waals surface area contributed by atoms with Crippen LogP contribution in [0.2, 0.25) is 0 Å². The molecule has 0 saturated heterocycles. The largest absolute Gasteiger partial charge is 0.494 e. The summed E-state index contributed by atoms with van der Waals surface area (Å²) in [6, 6.07) is 10.1. The van der Waals surface area contributed by atoms with Crippen molar-refractivity contribution >= 4 is 22.5 Å². The molecule has 0 bridgehead atoms. The lowest BCUT2D eigenvalue weighted by molar-refractivity contribution is 0.419. The third-order valence-electron chi connectivity index (χ3n) is 2.76. The number of nitrogens with zero attached hydrogens (tertiary/aromatic N) is 1. The van der Waals surface area contributed by atoms with Gasteiger partial charge in [-0.2, -0.15) is 0 Å². The van der Waals surface area contributed by atoms with Gasteiger partial charge in [0, 0.05) is 16.5 Å². The van der Waals surface area contributed by atoms with Crippen LogP contribution in [0.5, 0.6) is 5.75 Å². The lowest BCUT2D eigenvalue weighted by Gasteiger charge is -2.07. The minimum Gasteiger partial charge on any atom is -0.494 e. The second-order valence-corrected chi connectivity index (χ2v) is 4.90. The van der Waals surface area contributed by atoms with Crippen molar-refractivity contribution in [2.75, 3.05) is 7.11 Å². The molecule has 2 aromatic rings. The van der Waals surface area contributed by atoms with E-state index >= 15 is 0 Å². The number of methoxy groups -OCH3 is 1. The Labute approximate surface area is 107 Å². The topological polar surface area (TPSA) is 22.1 Å². The molecule has 2 rings (SSSR count). The summed E-state index contributed by atoms with van der Waals surface area (Å²) in [6.45, 7) is 2.00. The first kappa shape index (κ1) is 12.2. The number of aromatic nitrogens is 1. The molecular formula is C14H16ClNO. The van der Waals surface area contributed by atoms with Gasteiger partial charge in [-0.15, -0.1) is 11.6 Å². The van der Waals surface area contributed by atoms with E-state index in [-0.39, 0.29) is 5.38 Å². The van der Waals surface area contributed by atoms with E-state index < -0.39 is 0 Å². The van der Waals surface area contributed by atoms with Crippen molar-refractivity contribution in [1.82, 2.24) is 4.98 Å². The summed E-state index contributed by atoms with van der Waals surface area (Å²) in [7, 11) is 1.67. The average molecular weight is 250 g/mol. The van der Waals surface area contributed by atoms with Crippen LogP contribution in [0.25, 0.3) is 10.9 Å². The van der Waals surface area contributed by atoms with Gasteiger partial charge in [0.2, 0.25) is 0 Å². The predicted molar refractivity (Wildman–Crippen MR) is 71.9 cm³/mol. The van der Waals surface area contributed by atoms with E-state index in [1.54, 1.807) is 7.11 Å². The molecule has 0 aliphatic rings. The van der Waals surface area contributed by atoms with E-state index in [1.807, 2.05) is 25.1 Å². The number of fused-ring (bicyclic) bond motifs is 1. The highest BCUT2D eigenvalue weighted by Crippen LogP contribution is 2.24. The maximum Gasteiger partial charge on any atom is 0.145 e. The van der Waals surface area contributed by atoms with Crippen LogP contribution in [-0.4, -0.2) is 17.5 Å². The smallest absolute Gasteiger partial charge is 0.145 e. The van der Waals surface area contributed by atoms with Gasteiger partial charge in [-0.1, -0.05) is 18.2 Å². The maximum atomic E-state index is 5.95. The van der Waals surface area contributed by atoms with Crippen molar-refractivity contribution in [2.24, 2.45) is 0 Å². The average Bonchev–Trinajstić information content (AvgIpc) is 2.35. The molecule has 0 spiro atoms. The molecule has 1 heterocycles. The fraction of sp³-hybridized carbons (Fsp3) is 0.357. The van der Waals surface area contributed by atoms with Crippen molar-refractivity contribution < 1.29 is 4.74 Å². The van der Waals surface area contributed by atoms with E-state index in [9.17, 15) is 0 Å². The molecular weight excluding hydrogens is 234 g/mol. The van der Waals surface area contributed by atoms with E-state index in [1.165, 1.54) is 0 Å². The number of para-hydroxylation sites is 1. The van der Waals surface area contributed by atoms with Crippen molar-refractivity contribution in [3.05, 3.63) is 36.0 Å². The summed E-state index contributed by atoms with van der Waals surface area (Å²) in [5, 5.41) is 1.29. The van der Waals surface area contributed by atoms with Crippen molar-refractivity contribution in [3.63, 3.8) is 0 Å². The van der Waals surface area contributed by atoms with Gasteiger partial charge in [0.25, 0.3) is 0 Å². The van der Waals surface area contributed by atoms with Crippen molar-refractivity contribution in [3.8, 4) is 5.75 Å². The van der Waals surface area contributed by atoms with E-state index in [4.69, 9.17) is 16.3 Å². The Balaban J connectivity index is 2.34. The van der Waals surface area contributed by atoms with Gasteiger partial charge in [-0.05, 0) is 31.9 Å². The van der Waals surface area contributed by atoms with E-state index in [0.717, 1.165) is 35.2 Å². The van der Waals surface area contributed by atoms with Gasteiger partial charge in [-0.25, -0.2) is 4.98 Å². The monoisotopic (exact) mass is 249 g/mol. The van der Waals surface area contributed by atoms with Crippen LogP contribution >= 0.6 is 11.6 Å². The molecule has 0 amide bonds. The summed E-state index contributed by atoms with van der Waals surface area (Å²) in [5.41, 5.74) is 1.99. The Bertz CT molecular complexity index is 511. The van der Waals surface area contributed by atoms with Gasteiger partial charge in [0.05, 0.1) is 7.11 Å². The van der Waals surface area contributed by atoms with Gasteiger partial charge in [-0.3, -0.25) is 0 Å². The number of ether oxygens (including phenoxy) is 1. The van der Waals surface area contributed by atoms with Crippen LogP contribution in [0, 0.1) is 0 Å². The second kappa shape index (κ2) is 5.37. The number of aryl methyl sites for hydroxylation is 1. The van der Waals surface area contributed by atoms with Crippen molar-refractivity contribution in [2.45, 2.75) is 25.1 Å². The third-order valence-corrected chi connectivity index (χ3v) is 2.98. The fourth-order valence-corrected chi connectivity index (χ4v) is 1.92. The van der Waals surface area contributed by atoms with Crippen LogP contribution in [0.1, 0.15) is 19.0 Å². The highest BCUT2D eigenvalue weighted by Gasteiger charge is 2.05. The first-order valence-electron chi connectivity index (χ1n) is 5.77. The van der Waals surface area contributed by atoms with Crippen LogP contribution in [0.15, 0.2) is 30.3 Å². The number of rotatable bonds is 4. The molecule has 3 heteroatoms. The molecule has 0 aliphatic heterocycles. The van der Waals surface area contributed by atoms with Crippen LogP contribution in [0.4, 0.5) is 0 Å². The molecule has 1 aromatic carbocycles. The second-order valence-electron chi connectivity index (χ2n) is 4.15. The highest BCUT2D eigenvalue weighted by molar-refractivity contribution is 6.20. The molecule has 0 N–H and O–H groups in total. The zero-order valence-electron chi connectivity index (χ0n) is 10.1. The normalized spacial score (nSPS) is 12.6. The number of benzene rings is 1. The summed E-state index contributed by atoms with van der Waals surface area (Å²) >= 11 is 5.95. The molecule has 1 atom stereocenters. The molecule has 0 radical (unpaired) electrons. The molecule has 17 heavy (non-hydrogen) atoms. The Morgan fingerprint density at radius 2 is 2.12 bits per heavy atom. The lowest BCUT2D eigenvalue weighted by Crippen LogP contribution is -1.98. The first-order valence-corrected chi connectivity index (χ1v) is 6.21. The number of alkyl halides is 1. The summed E-state index contributed by atoms with van der Waals surface area (Å²) < 4.78 is 5.32. The van der Waals surface area contributed by atoms with Gasteiger partial charge >= 0.3 is 0 Å². The highest BCUT2D eigenvalue weighted by atomic mass is 35.5. The number of halogens is 1. The predicted octanol–water partition coefficient (Wildman–Crippen LogP) is 3.80. The number of pyridine rings is 1. The Morgan fingerprint density at radius 1 is 1.29 bits per heavy atom. The number of hydrogen-bond acceptors (Lipinski definition) is 2. The van der Waals surface area contributed by atoms with E-state index in [2.05, 4.69) is 17.1 Å². The molecule has 1 unspecified atom stereocenters. The summed E-state index contributed by atoms with van der Waals surface area (Å²) in [6.07, 6.45) is 1.84. The molecule has 0 aliphatic carbocycles. The van der Waals surface area contributed by atoms with Gasteiger partial charge in [0.15, 0.2) is 0 Å². The Morgan fingerprint density at radius 3 is 2.82 bits per heavy atom. The van der Waals surface area contributed by atoms with Crippen LogP contribution in [-0.2, 0) is 6.42 Å². The fourth-order valence-electron chi connectivity index (χ4n) is 1.81. The zero-order chi connectivity index (χ0) is 12.3. The Kier molecular flexibility index (Phi) is 3.85. The standard InChI is InChI=1S/C14H16ClNO/c1-10(15)6-8-12-9-7-11-4-3-5-13(17-2)14(11)16-12/h3-5,7,9-10H,6,8H2,1-2H3. The molecule has 0 saturated carbocycles. The Hall–Kier alpha value is -1.28. The van der Waals surface area contributed by atoms with Crippen LogP contribution in [0.3, 0.4) is 0 Å². The minimum atomic E-state index is 0.185. The molecule has 2 nitrogen and oxygen atoms in total. The van der Waals surface area contributed by atoms with Gasteiger partial charge < -0.3 is 4.74 Å². The third kappa shape index (κ3) is 2.89. The summed E-state index contributed by atoms with van der Waals surface area (Å²) in [4.78, 5) is 4.63. The van der Waals surface area contributed by atoms with Crippen molar-refractivity contribution in [1.29, 1.82) is 0 Å².